The van der Waals surface area contributed by atoms with Gasteiger partial charge in [-0.25, -0.2) is 4.68 Å². The number of carbonyl (C=O) groups excluding carboxylic acids is 1. The summed E-state index contributed by atoms with van der Waals surface area (Å²) >= 11 is 5.99. The van der Waals surface area contributed by atoms with E-state index in [-0.39, 0.29) is 18.4 Å². The third kappa shape index (κ3) is 4.08. The zero-order valence-electron chi connectivity index (χ0n) is 12.7. The second-order valence-electron chi connectivity index (χ2n) is 5.39. The van der Waals surface area contributed by atoms with Crippen molar-refractivity contribution in [3.63, 3.8) is 0 Å². The Bertz CT molecular complexity index is 655. The molecular weight excluding hydrogens is 302 g/mol. The quantitative estimate of drug-likeness (QED) is 0.859. The molecule has 2 rings (SSSR count). The standard InChI is InChI=1S/C16H20ClN3O2/c1-11(6-7-21)10-18-16(22)15-8-12(2)20(19-15)14-5-3-4-13(17)9-14/h3-5,8-9,11,21H,6-7,10H2,1-2H3,(H,18,22). The van der Waals surface area contributed by atoms with Gasteiger partial charge in [0.15, 0.2) is 5.69 Å². The van der Waals surface area contributed by atoms with E-state index in [0.717, 1.165) is 11.4 Å². The zero-order chi connectivity index (χ0) is 16.1. The van der Waals surface area contributed by atoms with Crippen LogP contribution in [0.3, 0.4) is 0 Å². The molecule has 0 fully saturated rings. The maximum Gasteiger partial charge on any atom is 0.271 e. The number of hydrogen-bond donors (Lipinski definition) is 2. The number of rotatable bonds is 6. The monoisotopic (exact) mass is 321 g/mol. The number of aliphatic hydroxyl groups is 1. The van der Waals surface area contributed by atoms with E-state index < -0.39 is 0 Å². The number of aliphatic hydroxyl groups excluding tert-OH is 1. The lowest BCUT2D eigenvalue weighted by Gasteiger charge is -2.09. The number of aryl methyl sites for hydroxylation is 1. The summed E-state index contributed by atoms with van der Waals surface area (Å²) in [5, 5.41) is 16.7. The number of nitrogens with one attached hydrogen (secondary N) is 1. The van der Waals surface area contributed by atoms with Gasteiger partial charge in [-0.3, -0.25) is 4.79 Å². The molecule has 118 valence electrons. The van der Waals surface area contributed by atoms with Gasteiger partial charge in [0.1, 0.15) is 0 Å². The van der Waals surface area contributed by atoms with Gasteiger partial charge in [0.2, 0.25) is 0 Å². The topological polar surface area (TPSA) is 67.2 Å². The average molecular weight is 322 g/mol. The molecule has 1 aromatic heterocycles. The number of carbonyl (C=O) groups is 1. The second kappa shape index (κ2) is 7.42. The molecule has 1 amide bonds. The van der Waals surface area contributed by atoms with Crippen LogP contribution >= 0.6 is 11.6 Å². The SMILES string of the molecule is Cc1cc(C(=O)NCC(C)CCO)nn1-c1cccc(Cl)c1. The van der Waals surface area contributed by atoms with E-state index in [1.54, 1.807) is 22.9 Å². The Kier molecular flexibility index (Phi) is 5.57. The molecule has 1 atom stereocenters. The highest BCUT2D eigenvalue weighted by molar-refractivity contribution is 6.30. The van der Waals surface area contributed by atoms with E-state index >= 15 is 0 Å². The molecule has 0 aliphatic heterocycles. The summed E-state index contributed by atoms with van der Waals surface area (Å²) in [5.41, 5.74) is 2.04. The zero-order valence-corrected chi connectivity index (χ0v) is 13.5. The van der Waals surface area contributed by atoms with Gasteiger partial charge >= 0.3 is 0 Å². The van der Waals surface area contributed by atoms with Crippen molar-refractivity contribution >= 4 is 17.5 Å². The van der Waals surface area contributed by atoms with Crippen molar-refractivity contribution in [1.82, 2.24) is 15.1 Å². The number of aromatic nitrogens is 2. The highest BCUT2D eigenvalue weighted by atomic mass is 35.5. The van der Waals surface area contributed by atoms with Crippen LogP contribution in [0, 0.1) is 12.8 Å². The molecule has 2 aromatic rings. The third-order valence-electron chi connectivity index (χ3n) is 3.41. The minimum atomic E-state index is -0.214. The van der Waals surface area contributed by atoms with Crippen molar-refractivity contribution in [2.24, 2.45) is 5.92 Å². The molecule has 0 radical (unpaired) electrons. The van der Waals surface area contributed by atoms with Crippen LogP contribution in [0.5, 0.6) is 0 Å². The molecule has 0 bridgehead atoms. The average Bonchev–Trinajstić information content (AvgIpc) is 2.87. The van der Waals surface area contributed by atoms with Gasteiger partial charge in [0.05, 0.1) is 5.69 Å². The minimum absolute atomic E-state index is 0.125. The van der Waals surface area contributed by atoms with Gasteiger partial charge in [-0.15, -0.1) is 0 Å². The second-order valence-corrected chi connectivity index (χ2v) is 5.83. The van der Waals surface area contributed by atoms with Crippen molar-refractivity contribution in [1.29, 1.82) is 0 Å². The predicted octanol–water partition coefficient (Wildman–Crippen LogP) is 2.58. The highest BCUT2D eigenvalue weighted by Gasteiger charge is 2.14. The summed E-state index contributed by atoms with van der Waals surface area (Å²) in [6.07, 6.45) is 0.663. The van der Waals surface area contributed by atoms with Crippen molar-refractivity contribution < 1.29 is 9.90 Å². The molecule has 22 heavy (non-hydrogen) atoms. The van der Waals surface area contributed by atoms with Gasteiger partial charge in [0, 0.05) is 23.9 Å². The van der Waals surface area contributed by atoms with Gasteiger partial charge in [-0.2, -0.15) is 5.10 Å². The van der Waals surface area contributed by atoms with Crippen molar-refractivity contribution in [2.75, 3.05) is 13.2 Å². The van der Waals surface area contributed by atoms with Crippen LogP contribution in [0.1, 0.15) is 29.5 Å². The summed E-state index contributed by atoms with van der Waals surface area (Å²) < 4.78 is 1.69. The van der Waals surface area contributed by atoms with E-state index in [1.807, 2.05) is 26.0 Å². The summed E-state index contributed by atoms with van der Waals surface area (Å²) in [5.74, 6) is 0.0127. The molecule has 1 unspecified atom stereocenters. The van der Waals surface area contributed by atoms with Crippen LogP contribution in [-0.2, 0) is 0 Å². The first-order valence-corrected chi connectivity index (χ1v) is 7.60. The first-order chi connectivity index (χ1) is 10.5. The number of nitrogens with zero attached hydrogens (tertiary/aromatic N) is 2. The van der Waals surface area contributed by atoms with Gasteiger partial charge in [-0.05, 0) is 43.5 Å². The first-order valence-electron chi connectivity index (χ1n) is 7.23. The molecule has 0 aliphatic rings. The van der Waals surface area contributed by atoms with E-state index in [0.29, 0.717) is 23.7 Å². The lowest BCUT2D eigenvalue weighted by atomic mass is 10.1. The van der Waals surface area contributed by atoms with Crippen LogP contribution < -0.4 is 5.32 Å². The lowest BCUT2D eigenvalue weighted by Crippen LogP contribution is -2.29. The third-order valence-corrected chi connectivity index (χ3v) is 3.64. The summed E-state index contributed by atoms with van der Waals surface area (Å²) in [4.78, 5) is 12.1. The fraction of sp³-hybridized carbons (Fsp3) is 0.375. The first kappa shape index (κ1) is 16.5. The summed E-state index contributed by atoms with van der Waals surface area (Å²) in [6.45, 7) is 4.51. The van der Waals surface area contributed by atoms with Gasteiger partial charge in [0.25, 0.3) is 5.91 Å². The van der Waals surface area contributed by atoms with Crippen LogP contribution in [0.4, 0.5) is 0 Å². The fourth-order valence-electron chi connectivity index (χ4n) is 2.13. The maximum absolute atomic E-state index is 12.1. The molecule has 1 heterocycles. The Balaban J connectivity index is 2.11. The van der Waals surface area contributed by atoms with Crippen molar-refractivity contribution in [2.45, 2.75) is 20.3 Å². The van der Waals surface area contributed by atoms with Gasteiger partial charge < -0.3 is 10.4 Å². The largest absolute Gasteiger partial charge is 0.396 e. The Morgan fingerprint density at radius 1 is 1.45 bits per heavy atom. The number of benzene rings is 1. The highest BCUT2D eigenvalue weighted by Crippen LogP contribution is 2.16. The van der Waals surface area contributed by atoms with E-state index in [2.05, 4.69) is 10.4 Å². The summed E-state index contributed by atoms with van der Waals surface area (Å²) in [7, 11) is 0. The molecule has 0 saturated carbocycles. The molecule has 1 aromatic carbocycles. The maximum atomic E-state index is 12.1. The van der Waals surface area contributed by atoms with Crippen molar-refractivity contribution in [3.05, 3.63) is 46.7 Å². The Morgan fingerprint density at radius 3 is 2.91 bits per heavy atom. The lowest BCUT2D eigenvalue weighted by molar-refractivity contribution is 0.0940. The van der Waals surface area contributed by atoms with Crippen LogP contribution in [-0.4, -0.2) is 33.9 Å². The minimum Gasteiger partial charge on any atom is -0.396 e. The molecule has 2 N–H and O–H groups in total. The van der Waals surface area contributed by atoms with Crippen molar-refractivity contribution in [3.8, 4) is 5.69 Å². The molecule has 0 spiro atoms. The van der Waals surface area contributed by atoms with Gasteiger partial charge in [-0.1, -0.05) is 24.6 Å². The molecule has 5 nitrogen and oxygen atoms in total. The Morgan fingerprint density at radius 2 is 2.23 bits per heavy atom. The molecule has 0 aliphatic carbocycles. The number of hydrogen-bond acceptors (Lipinski definition) is 3. The predicted molar refractivity (Wildman–Crippen MR) is 86.5 cm³/mol. The Labute approximate surface area is 134 Å². The number of amides is 1. The van der Waals surface area contributed by atoms with E-state index in [1.165, 1.54) is 0 Å². The number of halogens is 1. The van der Waals surface area contributed by atoms with E-state index in [4.69, 9.17) is 16.7 Å². The molecule has 0 saturated heterocycles. The smallest absolute Gasteiger partial charge is 0.271 e. The van der Waals surface area contributed by atoms with Crippen LogP contribution in [0.25, 0.3) is 5.69 Å². The molecular formula is C16H20ClN3O2. The van der Waals surface area contributed by atoms with Crippen LogP contribution in [0.2, 0.25) is 5.02 Å². The Hall–Kier alpha value is -1.85. The summed E-state index contributed by atoms with van der Waals surface area (Å²) in [6, 6.07) is 9.06. The molecule has 6 heteroatoms. The van der Waals surface area contributed by atoms with Crippen LogP contribution in [0.15, 0.2) is 30.3 Å². The normalized spacial score (nSPS) is 12.2. The fourth-order valence-corrected chi connectivity index (χ4v) is 2.32. The van der Waals surface area contributed by atoms with E-state index in [9.17, 15) is 4.79 Å².